The number of hydrogen-bond donors (Lipinski definition) is 1. The summed E-state index contributed by atoms with van der Waals surface area (Å²) in [7, 11) is 0. The van der Waals surface area contributed by atoms with Crippen molar-refractivity contribution in [1.82, 2.24) is 5.32 Å². The molecule has 3 rings (SSSR count). The van der Waals surface area contributed by atoms with Gasteiger partial charge in [0.25, 0.3) is 0 Å². The van der Waals surface area contributed by atoms with Crippen molar-refractivity contribution in [3.05, 3.63) is 22.2 Å². The van der Waals surface area contributed by atoms with Crippen molar-refractivity contribution in [1.29, 1.82) is 0 Å². The molecular formula is C13H16ClNO2. The average molecular weight is 254 g/mol. The molecule has 0 amide bonds. The average Bonchev–Trinajstić information content (AvgIpc) is 2.92. The molecule has 0 aliphatic carbocycles. The Bertz CT molecular complexity index is 467. The Morgan fingerprint density at radius 3 is 2.94 bits per heavy atom. The molecule has 0 spiro atoms. The zero-order valence-corrected chi connectivity index (χ0v) is 10.9. The van der Waals surface area contributed by atoms with Crippen LogP contribution in [0.4, 0.5) is 0 Å². The molecule has 1 N–H and O–H groups in total. The van der Waals surface area contributed by atoms with Gasteiger partial charge in [-0.3, -0.25) is 0 Å². The molecule has 3 nitrogen and oxygen atoms in total. The Morgan fingerprint density at radius 2 is 2.24 bits per heavy atom. The summed E-state index contributed by atoms with van der Waals surface area (Å²) in [5.41, 5.74) is 2.33. The molecule has 0 saturated carbocycles. The van der Waals surface area contributed by atoms with Crippen molar-refractivity contribution in [2.45, 2.75) is 32.2 Å². The SMILES string of the molecule is Cc1c(C2(C)CCCN2)cc2c(c1Cl)OCO2. The zero-order valence-electron chi connectivity index (χ0n) is 10.1. The fourth-order valence-corrected chi connectivity index (χ4v) is 3.04. The number of halogens is 1. The lowest BCUT2D eigenvalue weighted by atomic mass is 9.87. The van der Waals surface area contributed by atoms with Crippen LogP contribution in [0.15, 0.2) is 6.07 Å². The van der Waals surface area contributed by atoms with Gasteiger partial charge >= 0.3 is 0 Å². The molecule has 1 atom stereocenters. The standard InChI is InChI=1S/C13H16ClNO2/c1-8-9(13(2)4-3-5-15-13)6-10-12(11(8)14)17-7-16-10/h6,15H,3-5,7H2,1-2H3. The second-order valence-corrected chi connectivity index (χ2v) is 5.34. The lowest BCUT2D eigenvalue weighted by Gasteiger charge is -2.27. The second-order valence-electron chi connectivity index (χ2n) is 4.96. The van der Waals surface area contributed by atoms with E-state index in [1.165, 1.54) is 12.0 Å². The summed E-state index contributed by atoms with van der Waals surface area (Å²) in [6.45, 7) is 5.59. The number of nitrogens with one attached hydrogen (secondary N) is 1. The normalized spacial score (nSPS) is 26.5. The number of benzene rings is 1. The molecule has 2 aliphatic heterocycles. The fourth-order valence-electron chi connectivity index (χ4n) is 2.79. The molecule has 0 bridgehead atoms. The van der Waals surface area contributed by atoms with Gasteiger partial charge in [-0.05, 0) is 50.4 Å². The fraction of sp³-hybridized carbons (Fsp3) is 0.538. The molecule has 1 saturated heterocycles. The van der Waals surface area contributed by atoms with E-state index in [1.807, 2.05) is 6.92 Å². The summed E-state index contributed by atoms with van der Waals surface area (Å²) in [6, 6.07) is 2.07. The summed E-state index contributed by atoms with van der Waals surface area (Å²) in [6.07, 6.45) is 2.33. The van der Waals surface area contributed by atoms with Gasteiger partial charge in [-0.25, -0.2) is 0 Å². The van der Waals surface area contributed by atoms with Gasteiger partial charge in [0.1, 0.15) is 0 Å². The molecule has 1 unspecified atom stereocenters. The highest BCUT2D eigenvalue weighted by Gasteiger charge is 2.34. The first kappa shape index (κ1) is 11.2. The topological polar surface area (TPSA) is 30.5 Å². The number of rotatable bonds is 1. The first-order valence-electron chi connectivity index (χ1n) is 5.96. The van der Waals surface area contributed by atoms with Gasteiger partial charge in [0.15, 0.2) is 11.5 Å². The lowest BCUT2D eigenvalue weighted by molar-refractivity contribution is 0.174. The maximum absolute atomic E-state index is 6.35. The molecule has 1 aromatic carbocycles. The van der Waals surface area contributed by atoms with E-state index in [4.69, 9.17) is 21.1 Å². The molecule has 0 radical (unpaired) electrons. The van der Waals surface area contributed by atoms with E-state index in [2.05, 4.69) is 18.3 Å². The van der Waals surface area contributed by atoms with E-state index in [9.17, 15) is 0 Å². The molecule has 2 aliphatic rings. The molecule has 2 heterocycles. The minimum Gasteiger partial charge on any atom is -0.454 e. The lowest BCUT2D eigenvalue weighted by Crippen LogP contribution is -2.33. The van der Waals surface area contributed by atoms with E-state index in [-0.39, 0.29) is 12.3 Å². The van der Waals surface area contributed by atoms with Gasteiger partial charge in [-0.1, -0.05) is 11.6 Å². The summed E-state index contributed by atoms with van der Waals surface area (Å²) >= 11 is 6.35. The van der Waals surface area contributed by atoms with Crippen LogP contribution in [0.2, 0.25) is 5.02 Å². The van der Waals surface area contributed by atoms with E-state index in [0.717, 1.165) is 24.3 Å². The van der Waals surface area contributed by atoms with Crippen LogP contribution in [0, 0.1) is 6.92 Å². The van der Waals surface area contributed by atoms with Gasteiger partial charge in [0, 0.05) is 5.54 Å². The van der Waals surface area contributed by atoms with Gasteiger partial charge < -0.3 is 14.8 Å². The Hall–Kier alpha value is -0.930. The van der Waals surface area contributed by atoms with Crippen molar-refractivity contribution in [2.75, 3.05) is 13.3 Å². The zero-order chi connectivity index (χ0) is 12.0. The predicted octanol–water partition coefficient (Wildman–Crippen LogP) is 2.98. The Labute approximate surface area is 106 Å². The van der Waals surface area contributed by atoms with E-state index in [1.54, 1.807) is 0 Å². The number of fused-ring (bicyclic) bond motifs is 1. The first-order valence-corrected chi connectivity index (χ1v) is 6.34. The van der Waals surface area contributed by atoms with Crippen LogP contribution in [0.5, 0.6) is 11.5 Å². The van der Waals surface area contributed by atoms with Crippen molar-refractivity contribution in [3.63, 3.8) is 0 Å². The third-order valence-corrected chi connectivity index (χ3v) is 4.27. The maximum Gasteiger partial charge on any atom is 0.231 e. The van der Waals surface area contributed by atoms with E-state index in [0.29, 0.717) is 10.8 Å². The van der Waals surface area contributed by atoms with Crippen LogP contribution in [0.3, 0.4) is 0 Å². The molecule has 17 heavy (non-hydrogen) atoms. The highest BCUT2D eigenvalue weighted by Crippen LogP contribution is 2.46. The third kappa shape index (κ3) is 1.60. The van der Waals surface area contributed by atoms with Crippen molar-refractivity contribution < 1.29 is 9.47 Å². The van der Waals surface area contributed by atoms with Crippen molar-refractivity contribution in [2.24, 2.45) is 0 Å². The molecule has 92 valence electrons. The summed E-state index contributed by atoms with van der Waals surface area (Å²) < 4.78 is 10.8. The largest absolute Gasteiger partial charge is 0.454 e. The minimum absolute atomic E-state index is 0.00863. The van der Waals surface area contributed by atoms with Crippen LogP contribution in [0.25, 0.3) is 0 Å². The highest BCUT2D eigenvalue weighted by atomic mass is 35.5. The van der Waals surface area contributed by atoms with E-state index >= 15 is 0 Å². The van der Waals surface area contributed by atoms with Crippen molar-refractivity contribution >= 4 is 11.6 Å². The molecule has 0 aromatic heterocycles. The Kier molecular flexibility index (Phi) is 2.49. The van der Waals surface area contributed by atoms with Gasteiger partial charge in [0.2, 0.25) is 6.79 Å². The number of hydrogen-bond acceptors (Lipinski definition) is 3. The Morgan fingerprint density at radius 1 is 1.41 bits per heavy atom. The summed E-state index contributed by atoms with van der Waals surface area (Å²) in [5, 5.41) is 4.24. The summed E-state index contributed by atoms with van der Waals surface area (Å²) in [4.78, 5) is 0. The second kappa shape index (κ2) is 3.79. The minimum atomic E-state index is 0.00863. The van der Waals surface area contributed by atoms with Gasteiger partial charge in [-0.2, -0.15) is 0 Å². The highest BCUT2D eigenvalue weighted by molar-refractivity contribution is 6.33. The Balaban J connectivity index is 2.14. The quantitative estimate of drug-likeness (QED) is 0.835. The first-order chi connectivity index (χ1) is 8.12. The monoisotopic (exact) mass is 253 g/mol. The van der Waals surface area contributed by atoms with Crippen molar-refractivity contribution in [3.8, 4) is 11.5 Å². The van der Waals surface area contributed by atoms with Crippen LogP contribution in [-0.2, 0) is 5.54 Å². The van der Waals surface area contributed by atoms with Crippen LogP contribution in [-0.4, -0.2) is 13.3 Å². The molecule has 1 aromatic rings. The third-order valence-electron chi connectivity index (χ3n) is 3.81. The molecular weight excluding hydrogens is 238 g/mol. The van der Waals surface area contributed by atoms with Gasteiger partial charge in [0.05, 0.1) is 5.02 Å². The van der Waals surface area contributed by atoms with Crippen LogP contribution >= 0.6 is 11.6 Å². The number of ether oxygens (including phenoxy) is 2. The summed E-state index contributed by atoms with van der Waals surface area (Å²) in [5.74, 6) is 1.46. The smallest absolute Gasteiger partial charge is 0.231 e. The maximum atomic E-state index is 6.35. The van der Waals surface area contributed by atoms with Crippen LogP contribution < -0.4 is 14.8 Å². The van der Waals surface area contributed by atoms with E-state index < -0.39 is 0 Å². The molecule has 1 fully saturated rings. The van der Waals surface area contributed by atoms with Crippen LogP contribution in [0.1, 0.15) is 30.9 Å². The van der Waals surface area contributed by atoms with Gasteiger partial charge in [-0.15, -0.1) is 0 Å². The predicted molar refractivity (Wildman–Crippen MR) is 66.9 cm³/mol. The molecule has 4 heteroatoms.